The first kappa shape index (κ1) is 26.2. The molecule has 0 aliphatic carbocycles. The normalized spacial score (nSPS) is 22.5. The van der Waals surface area contributed by atoms with Crippen LogP contribution in [0.1, 0.15) is 28.7 Å². The summed E-state index contributed by atoms with van der Waals surface area (Å²) >= 11 is 11.5. The fourth-order valence-electron chi connectivity index (χ4n) is 4.80. The van der Waals surface area contributed by atoms with Gasteiger partial charge in [0.15, 0.2) is 15.7 Å². The number of hydrogen-bond donors (Lipinski definition) is 0. The van der Waals surface area contributed by atoms with Gasteiger partial charge in [0.1, 0.15) is 11.4 Å². The lowest BCUT2D eigenvalue weighted by Gasteiger charge is -2.47. The number of rotatable bonds is 4. The molecule has 5 rings (SSSR count). The van der Waals surface area contributed by atoms with E-state index in [4.69, 9.17) is 32.8 Å². The van der Waals surface area contributed by atoms with Gasteiger partial charge in [0.25, 0.3) is 5.60 Å². The number of nitrogens with zero attached hydrogens (tertiary/aromatic N) is 2. The van der Waals surface area contributed by atoms with E-state index in [1.807, 2.05) is 0 Å². The molecule has 37 heavy (non-hydrogen) atoms. The van der Waals surface area contributed by atoms with Crippen molar-refractivity contribution in [1.82, 2.24) is 4.90 Å². The van der Waals surface area contributed by atoms with Crippen LogP contribution in [0.4, 0.5) is 17.6 Å². The largest absolute Gasteiger partial charge is 0.435 e. The van der Waals surface area contributed by atoms with Crippen molar-refractivity contribution in [3.8, 4) is 0 Å². The Labute approximate surface area is 218 Å². The van der Waals surface area contributed by atoms with Gasteiger partial charge in [-0.25, -0.2) is 12.8 Å². The predicted octanol–water partition coefficient (Wildman–Crippen LogP) is 4.33. The number of likely N-dealkylation sites (tertiary alicyclic amines) is 1. The van der Waals surface area contributed by atoms with Gasteiger partial charge < -0.3 is 14.5 Å². The summed E-state index contributed by atoms with van der Waals surface area (Å²) in [5, 5.41) is 2.56. The van der Waals surface area contributed by atoms with E-state index in [2.05, 4.69) is 5.16 Å². The lowest BCUT2D eigenvalue weighted by Crippen LogP contribution is -2.62. The second-order valence-corrected chi connectivity index (χ2v) is 12.3. The maximum Gasteiger partial charge on any atom is 0.435 e. The van der Waals surface area contributed by atoms with Crippen molar-refractivity contribution in [2.45, 2.75) is 30.4 Å². The van der Waals surface area contributed by atoms with Crippen LogP contribution >= 0.6 is 23.2 Å². The molecule has 0 N–H and O–H groups in total. The molecule has 1 amide bonds. The standard InChI is InChI=1S/C23H18Cl2F4N2O5S/c1-37(33,34)9-19(32)31-10-21(11-31)15-3-2-12(4-13(15)8-35-21)18-7-22(36-30-18,23(27,28)29)14-5-16(24)20(26)17(25)6-14/h2-6H,7-11H2,1H3/t22-/m1/s1. The van der Waals surface area contributed by atoms with E-state index in [9.17, 15) is 30.8 Å². The monoisotopic (exact) mass is 580 g/mol. The van der Waals surface area contributed by atoms with Gasteiger partial charge in [0.05, 0.1) is 35.5 Å². The molecule has 0 unspecified atom stereocenters. The number of carbonyl (C=O) groups is 1. The molecule has 1 fully saturated rings. The molecule has 7 nitrogen and oxygen atoms in total. The summed E-state index contributed by atoms with van der Waals surface area (Å²) < 4.78 is 85.4. The number of oxime groups is 1. The minimum atomic E-state index is -4.93. The Kier molecular flexibility index (Phi) is 6.06. The van der Waals surface area contributed by atoms with E-state index >= 15 is 0 Å². The van der Waals surface area contributed by atoms with Crippen molar-refractivity contribution >= 4 is 44.7 Å². The Morgan fingerprint density at radius 2 is 1.81 bits per heavy atom. The van der Waals surface area contributed by atoms with Gasteiger partial charge in [-0.05, 0) is 34.9 Å². The lowest BCUT2D eigenvalue weighted by atomic mass is 9.83. The van der Waals surface area contributed by atoms with Gasteiger partial charge >= 0.3 is 6.18 Å². The Morgan fingerprint density at radius 3 is 2.41 bits per heavy atom. The molecule has 3 heterocycles. The quantitative estimate of drug-likeness (QED) is 0.397. The van der Waals surface area contributed by atoms with E-state index in [-0.39, 0.29) is 25.4 Å². The molecule has 198 valence electrons. The fraction of sp³-hybridized carbons (Fsp3) is 0.391. The van der Waals surface area contributed by atoms with Crippen LogP contribution in [-0.4, -0.2) is 56.2 Å². The van der Waals surface area contributed by atoms with E-state index in [0.29, 0.717) is 11.1 Å². The summed E-state index contributed by atoms with van der Waals surface area (Å²) in [7, 11) is -3.47. The Morgan fingerprint density at radius 1 is 1.16 bits per heavy atom. The smallest absolute Gasteiger partial charge is 0.374 e. The lowest BCUT2D eigenvalue weighted by molar-refractivity contribution is -0.275. The minimum Gasteiger partial charge on any atom is -0.374 e. The van der Waals surface area contributed by atoms with Crippen LogP contribution in [0, 0.1) is 5.82 Å². The van der Waals surface area contributed by atoms with Crippen LogP contribution in [0.15, 0.2) is 35.5 Å². The number of carbonyl (C=O) groups excluding carboxylic acids is 1. The highest BCUT2D eigenvalue weighted by Crippen LogP contribution is 2.50. The van der Waals surface area contributed by atoms with E-state index in [0.717, 1.165) is 24.0 Å². The summed E-state index contributed by atoms with van der Waals surface area (Å²) in [4.78, 5) is 18.5. The summed E-state index contributed by atoms with van der Waals surface area (Å²) in [5.74, 6) is -2.16. The molecule has 3 aliphatic heterocycles. The molecule has 0 radical (unpaired) electrons. The fourth-order valence-corrected chi connectivity index (χ4v) is 5.92. The zero-order chi connectivity index (χ0) is 27.0. The third kappa shape index (κ3) is 4.37. The van der Waals surface area contributed by atoms with Gasteiger partial charge in [-0.2, -0.15) is 13.2 Å². The topological polar surface area (TPSA) is 85.3 Å². The van der Waals surface area contributed by atoms with Crippen LogP contribution in [-0.2, 0) is 42.0 Å². The van der Waals surface area contributed by atoms with Crippen molar-refractivity contribution in [3.63, 3.8) is 0 Å². The van der Waals surface area contributed by atoms with Crippen molar-refractivity contribution in [1.29, 1.82) is 0 Å². The number of sulfone groups is 1. The van der Waals surface area contributed by atoms with Crippen molar-refractivity contribution < 1.29 is 40.3 Å². The Hall–Kier alpha value is -2.41. The number of amides is 1. The van der Waals surface area contributed by atoms with Crippen molar-refractivity contribution in [2.24, 2.45) is 5.16 Å². The highest BCUT2D eigenvalue weighted by molar-refractivity contribution is 7.91. The molecule has 2 aromatic rings. The molecule has 1 atom stereocenters. The summed E-state index contributed by atoms with van der Waals surface area (Å²) in [5.41, 5.74) is -2.34. The third-order valence-corrected chi connectivity index (χ3v) is 8.02. The van der Waals surface area contributed by atoms with Crippen molar-refractivity contribution in [3.05, 3.63) is 68.4 Å². The van der Waals surface area contributed by atoms with Crippen LogP contribution in [0.3, 0.4) is 0 Å². The highest BCUT2D eigenvalue weighted by Gasteiger charge is 2.62. The molecule has 2 aromatic carbocycles. The molecule has 14 heteroatoms. The minimum absolute atomic E-state index is 0.0104. The number of hydrogen-bond acceptors (Lipinski definition) is 6. The maximum absolute atomic E-state index is 14.3. The molecular formula is C23H18Cl2F4N2O5S. The predicted molar refractivity (Wildman–Crippen MR) is 126 cm³/mol. The zero-order valence-electron chi connectivity index (χ0n) is 19.0. The summed E-state index contributed by atoms with van der Waals surface area (Å²) in [6, 6.07) is 6.56. The summed E-state index contributed by atoms with van der Waals surface area (Å²) in [6.07, 6.45) is -4.65. The molecular weight excluding hydrogens is 563 g/mol. The van der Waals surface area contributed by atoms with Gasteiger partial charge in [0, 0.05) is 18.2 Å². The molecule has 0 bridgehead atoms. The van der Waals surface area contributed by atoms with Gasteiger partial charge in [-0.15, -0.1) is 0 Å². The van der Waals surface area contributed by atoms with Crippen LogP contribution in [0.2, 0.25) is 10.0 Å². The molecule has 1 spiro atoms. The SMILES string of the molecule is CS(=O)(=O)CC(=O)N1CC2(C1)OCc1cc(C3=NO[C@](c4cc(Cl)c(F)c(Cl)c4)(C(F)(F)F)C3)ccc12. The highest BCUT2D eigenvalue weighted by atomic mass is 35.5. The summed E-state index contributed by atoms with van der Waals surface area (Å²) in [6.45, 7) is 0.487. The average molecular weight is 581 g/mol. The second kappa shape index (κ2) is 8.55. The van der Waals surface area contributed by atoms with E-state index < -0.39 is 66.7 Å². The third-order valence-electron chi connectivity index (χ3n) is 6.70. The van der Waals surface area contributed by atoms with Crippen LogP contribution in [0.5, 0.6) is 0 Å². The Balaban J connectivity index is 1.38. The number of benzene rings is 2. The van der Waals surface area contributed by atoms with Gasteiger partial charge in [-0.1, -0.05) is 40.5 Å². The number of ether oxygens (including phenoxy) is 1. The average Bonchev–Trinajstić information content (AvgIpc) is 3.37. The first-order chi connectivity index (χ1) is 17.1. The second-order valence-electron chi connectivity index (χ2n) is 9.36. The Bertz CT molecular complexity index is 1430. The maximum atomic E-state index is 14.3. The van der Waals surface area contributed by atoms with Crippen LogP contribution < -0.4 is 0 Å². The van der Waals surface area contributed by atoms with Crippen LogP contribution in [0.25, 0.3) is 0 Å². The van der Waals surface area contributed by atoms with Crippen molar-refractivity contribution in [2.75, 3.05) is 25.1 Å². The zero-order valence-corrected chi connectivity index (χ0v) is 21.4. The first-order valence-corrected chi connectivity index (χ1v) is 13.7. The van der Waals surface area contributed by atoms with E-state index in [1.165, 1.54) is 4.90 Å². The number of fused-ring (bicyclic) bond motifs is 2. The number of alkyl halides is 3. The molecule has 0 saturated carbocycles. The first-order valence-electron chi connectivity index (χ1n) is 10.8. The van der Waals surface area contributed by atoms with E-state index in [1.54, 1.807) is 18.2 Å². The molecule has 3 aliphatic rings. The number of halogens is 6. The van der Waals surface area contributed by atoms with Gasteiger partial charge in [-0.3, -0.25) is 4.79 Å². The molecule has 0 aromatic heterocycles. The van der Waals surface area contributed by atoms with Gasteiger partial charge in [0.2, 0.25) is 5.91 Å². The molecule has 1 saturated heterocycles.